The Bertz CT molecular complexity index is 1090. The fourth-order valence-electron chi connectivity index (χ4n) is 4.47. The molecule has 0 radical (unpaired) electrons. The smallest absolute Gasteiger partial charge is 0.319 e. The van der Waals surface area contributed by atoms with Gasteiger partial charge in [0.25, 0.3) is 5.91 Å². The van der Waals surface area contributed by atoms with Crippen molar-refractivity contribution in [3.63, 3.8) is 0 Å². The third kappa shape index (κ3) is 6.28. The average Bonchev–Trinajstić information content (AvgIpc) is 3.10. The normalized spacial score (nSPS) is 16.1. The molecule has 3 rings (SSSR count). The number of amides is 3. The number of likely N-dealkylation sites (tertiary alicyclic amines) is 1. The minimum absolute atomic E-state index is 0.149. The van der Waals surface area contributed by atoms with Gasteiger partial charge < -0.3 is 20.1 Å². The zero-order valence-corrected chi connectivity index (χ0v) is 20.6. The van der Waals surface area contributed by atoms with Gasteiger partial charge in [-0.1, -0.05) is 24.6 Å². The third-order valence-electron chi connectivity index (χ3n) is 6.38. The molecular weight excluding hydrogens is 426 g/mol. The molecule has 2 heterocycles. The number of aryl methyl sites for hydroxylation is 2. The standard InChI is InChI=1S/C27H35N5O2/c1-5-12-32-20(3)14-23(21(32)4)15-24(16-28)26(33)31-13-6-7-22(18-31)17-29-27(34)30-25-10-8-19(2)9-11-25/h8-11,14-15,22H,5-7,12-13,17-18H2,1-4H3,(H2,29,30,34)/b24-15-. The molecule has 0 bridgehead atoms. The predicted octanol–water partition coefficient (Wildman–Crippen LogP) is 4.79. The maximum absolute atomic E-state index is 13.1. The highest BCUT2D eigenvalue weighted by molar-refractivity contribution is 6.02. The number of nitrogens with one attached hydrogen (secondary N) is 2. The van der Waals surface area contributed by atoms with Crippen molar-refractivity contribution >= 4 is 23.7 Å². The number of carbonyl (C=O) groups excluding carboxylic acids is 2. The zero-order valence-electron chi connectivity index (χ0n) is 20.6. The van der Waals surface area contributed by atoms with Gasteiger partial charge in [0.05, 0.1) is 0 Å². The van der Waals surface area contributed by atoms with Gasteiger partial charge in [0, 0.05) is 43.3 Å². The van der Waals surface area contributed by atoms with E-state index >= 15 is 0 Å². The number of hydrogen-bond donors (Lipinski definition) is 2. The molecule has 2 aromatic rings. The SMILES string of the molecule is CCCn1c(C)cc(/C=C(/C#N)C(=O)N2CCCC(CNC(=O)Nc3ccc(C)cc3)C2)c1C. The summed E-state index contributed by atoms with van der Waals surface area (Å²) in [5.41, 5.74) is 5.14. The van der Waals surface area contributed by atoms with E-state index < -0.39 is 0 Å². The molecular formula is C27H35N5O2. The largest absolute Gasteiger partial charge is 0.349 e. The summed E-state index contributed by atoms with van der Waals surface area (Å²) in [5.74, 6) is -0.0902. The molecule has 1 aromatic heterocycles. The van der Waals surface area contributed by atoms with Crippen molar-refractivity contribution in [2.24, 2.45) is 5.92 Å². The third-order valence-corrected chi connectivity index (χ3v) is 6.38. The Morgan fingerprint density at radius 3 is 2.62 bits per heavy atom. The summed E-state index contributed by atoms with van der Waals surface area (Å²) < 4.78 is 2.22. The second-order valence-electron chi connectivity index (χ2n) is 9.11. The van der Waals surface area contributed by atoms with Crippen LogP contribution in [-0.2, 0) is 11.3 Å². The van der Waals surface area contributed by atoms with Gasteiger partial charge in [-0.15, -0.1) is 0 Å². The fraction of sp³-hybridized carbons (Fsp3) is 0.444. The summed E-state index contributed by atoms with van der Waals surface area (Å²) in [6.45, 7) is 10.7. The molecule has 1 aliphatic heterocycles. The number of rotatable bonds is 7. The van der Waals surface area contributed by atoms with Gasteiger partial charge in [-0.05, 0) is 75.8 Å². The number of aromatic nitrogens is 1. The quantitative estimate of drug-likeness (QED) is 0.459. The van der Waals surface area contributed by atoms with Crippen molar-refractivity contribution in [2.45, 2.75) is 53.5 Å². The van der Waals surface area contributed by atoms with Gasteiger partial charge in [-0.25, -0.2) is 4.79 Å². The van der Waals surface area contributed by atoms with E-state index in [4.69, 9.17) is 0 Å². The Morgan fingerprint density at radius 1 is 1.21 bits per heavy atom. The van der Waals surface area contributed by atoms with Crippen molar-refractivity contribution in [2.75, 3.05) is 25.0 Å². The first kappa shape index (κ1) is 25.1. The topological polar surface area (TPSA) is 90.2 Å². The molecule has 3 amide bonds. The molecule has 2 N–H and O–H groups in total. The van der Waals surface area contributed by atoms with Gasteiger partial charge in [0.2, 0.25) is 0 Å². The monoisotopic (exact) mass is 461 g/mol. The van der Waals surface area contributed by atoms with Gasteiger partial charge in [0.15, 0.2) is 0 Å². The molecule has 1 fully saturated rings. The Kier molecular flexibility index (Phi) is 8.53. The lowest BCUT2D eigenvalue weighted by Gasteiger charge is -2.32. The highest BCUT2D eigenvalue weighted by Crippen LogP contribution is 2.22. The fourth-order valence-corrected chi connectivity index (χ4v) is 4.47. The van der Waals surface area contributed by atoms with E-state index in [1.165, 1.54) is 0 Å². The van der Waals surface area contributed by atoms with Gasteiger partial charge >= 0.3 is 6.03 Å². The minimum atomic E-state index is -0.257. The summed E-state index contributed by atoms with van der Waals surface area (Å²) in [6, 6.07) is 11.5. The Hall–Kier alpha value is -3.53. The van der Waals surface area contributed by atoms with E-state index in [1.807, 2.05) is 51.1 Å². The second-order valence-corrected chi connectivity index (χ2v) is 9.11. The van der Waals surface area contributed by atoms with Crippen LogP contribution in [0.25, 0.3) is 6.08 Å². The van der Waals surface area contributed by atoms with Crippen molar-refractivity contribution < 1.29 is 9.59 Å². The first-order chi connectivity index (χ1) is 16.3. The molecule has 1 atom stereocenters. The summed E-state index contributed by atoms with van der Waals surface area (Å²) in [5, 5.41) is 15.5. The molecule has 180 valence electrons. The molecule has 0 aliphatic carbocycles. The van der Waals surface area contributed by atoms with Gasteiger partial charge in [-0.3, -0.25) is 4.79 Å². The maximum atomic E-state index is 13.1. The number of anilines is 1. The van der Waals surface area contributed by atoms with E-state index in [9.17, 15) is 14.9 Å². The summed E-state index contributed by atoms with van der Waals surface area (Å²) >= 11 is 0. The maximum Gasteiger partial charge on any atom is 0.319 e. The van der Waals surface area contributed by atoms with Crippen molar-refractivity contribution in [3.05, 3.63) is 58.4 Å². The van der Waals surface area contributed by atoms with Crippen LogP contribution < -0.4 is 10.6 Å². The highest BCUT2D eigenvalue weighted by atomic mass is 16.2. The number of nitriles is 1. The summed E-state index contributed by atoms with van der Waals surface area (Å²) in [6.07, 6.45) is 4.52. The number of nitrogens with zero attached hydrogens (tertiary/aromatic N) is 3. The van der Waals surface area contributed by atoms with E-state index in [0.29, 0.717) is 19.6 Å². The average molecular weight is 462 g/mol. The molecule has 1 unspecified atom stereocenters. The summed E-state index contributed by atoms with van der Waals surface area (Å²) in [7, 11) is 0. The van der Waals surface area contributed by atoms with E-state index in [2.05, 4.69) is 28.2 Å². The minimum Gasteiger partial charge on any atom is -0.349 e. The van der Waals surface area contributed by atoms with Gasteiger partial charge in [0.1, 0.15) is 11.6 Å². The zero-order chi connectivity index (χ0) is 24.7. The lowest BCUT2D eigenvalue weighted by atomic mass is 9.97. The summed E-state index contributed by atoms with van der Waals surface area (Å²) in [4.78, 5) is 27.2. The number of piperidine rings is 1. The van der Waals surface area contributed by atoms with E-state index in [-0.39, 0.29) is 23.4 Å². The van der Waals surface area contributed by atoms with Crippen LogP contribution in [0.2, 0.25) is 0 Å². The Balaban J connectivity index is 1.60. The molecule has 0 spiro atoms. The van der Waals surface area contributed by atoms with Crippen LogP contribution in [0.3, 0.4) is 0 Å². The molecule has 7 nitrogen and oxygen atoms in total. The van der Waals surface area contributed by atoms with Crippen LogP contribution in [-0.4, -0.2) is 41.0 Å². The number of carbonyl (C=O) groups is 2. The first-order valence-electron chi connectivity index (χ1n) is 12.0. The number of urea groups is 1. The van der Waals surface area contributed by atoms with Crippen LogP contribution in [0.15, 0.2) is 35.9 Å². The predicted molar refractivity (Wildman–Crippen MR) is 135 cm³/mol. The van der Waals surface area contributed by atoms with Crippen LogP contribution >= 0.6 is 0 Å². The molecule has 34 heavy (non-hydrogen) atoms. The molecule has 1 aromatic carbocycles. The van der Waals surface area contributed by atoms with Crippen LogP contribution in [0.5, 0.6) is 0 Å². The van der Waals surface area contributed by atoms with Crippen LogP contribution in [0, 0.1) is 38.0 Å². The van der Waals surface area contributed by atoms with Crippen molar-refractivity contribution in [1.82, 2.24) is 14.8 Å². The number of hydrogen-bond acceptors (Lipinski definition) is 3. The van der Waals surface area contributed by atoms with E-state index in [1.54, 1.807) is 11.0 Å². The van der Waals surface area contributed by atoms with Crippen LogP contribution in [0.1, 0.15) is 48.7 Å². The van der Waals surface area contributed by atoms with E-state index in [0.717, 1.165) is 54.0 Å². The first-order valence-corrected chi connectivity index (χ1v) is 12.0. The molecule has 0 saturated carbocycles. The molecule has 7 heteroatoms. The number of benzene rings is 1. The van der Waals surface area contributed by atoms with Gasteiger partial charge in [-0.2, -0.15) is 5.26 Å². The molecule has 1 aliphatic rings. The van der Waals surface area contributed by atoms with Crippen molar-refractivity contribution in [3.8, 4) is 6.07 Å². The van der Waals surface area contributed by atoms with Crippen molar-refractivity contribution in [1.29, 1.82) is 5.26 Å². The Morgan fingerprint density at radius 2 is 1.94 bits per heavy atom. The lowest BCUT2D eigenvalue weighted by Crippen LogP contribution is -2.44. The second kappa shape index (κ2) is 11.6. The molecule has 1 saturated heterocycles. The highest BCUT2D eigenvalue weighted by Gasteiger charge is 2.26. The van der Waals surface area contributed by atoms with Crippen LogP contribution in [0.4, 0.5) is 10.5 Å². The lowest BCUT2D eigenvalue weighted by molar-refractivity contribution is -0.128. The Labute approximate surface area is 202 Å².